The summed E-state index contributed by atoms with van der Waals surface area (Å²) in [6.07, 6.45) is 1.91. The predicted molar refractivity (Wildman–Crippen MR) is 58.2 cm³/mol. The molecule has 1 nitrogen and oxygen atoms in total. The van der Waals surface area contributed by atoms with Gasteiger partial charge in [-0.2, -0.15) is 5.26 Å². The Labute approximate surface area is 83.1 Å². The molecule has 0 amide bonds. The lowest BCUT2D eigenvalue weighted by Crippen LogP contribution is -1.75. The zero-order valence-corrected chi connectivity index (χ0v) is 8.34. The van der Waals surface area contributed by atoms with Crippen LogP contribution in [0.4, 0.5) is 0 Å². The van der Waals surface area contributed by atoms with Crippen molar-refractivity contribution in [3.05, 3.63) is 40.8 Å². The lowest BCUT2D eigenvalue weighted by molar-refractivity contribution is 1.51. The molecule has 0 spiro atoms. The smallest absolute Gasteiger partial charge is 0.106 e. The number of nitrogens with zero attached hydrogens (tertiary/aromatic N) is 1. The standard InChI is InChI=1S/C11H11NS/c1-2-13-11(9-12)8-10-6-4-3-5-7-10/h3-8H,2H2,1H3/b11-8+. The quantitative estimate of drug-likeness (QED) is 0.681. The van der Waals surface area contributed by atoms with E-state index in [1.807, 2.05) is 43.3 Å². The number of hydrogen-bond acceptors (Lipinski definition) is 2. The molecule has 0 atom stereocenters. The Morgan fingerprint density at radius 2 is 2.15 bits per heavy atom. The van der Waals surface area contributed by atoms with Crippen molar-refractivity contribution in [3.63, 3.8) is 0 Å². The second kappa shape index (κ2) is 5.45. The molecule has 0 bridgehead atoms. The van der Waals surface area contributed by atoms with Gasteiger partial charge in [-0.25, -0.2) is 0 Å². The summed E-state index contributed by atoms with van der Waals surface area (Å²) >= 11 is 1.57. The number of hydrogen-bond donors (Lipinski definition) is 0. The maximum absolute atomic E-state index is 8.78. The predicted octanol–water partition coefficient (Wildman–Crippen LogP) is 3.30. The Balaban J connectivity index is 2.81. The molecule has 1 aromatic carbocycles. The Morgan fingerprint density at radius 3 is 2.69 bits per heavy atom. The van der Waals surface area contributed by atoms with Gasteiger partial charge in [-0.1, -0.05) is 37.3 Å². The summed E-state index contributed by atoms with van der Waals surface area (Å²) in [6, 6.07) is 12.1. The molecule has 0 radical (unpaired) electrons. The van der Waals surface area contributed by atoms with Crippen LogP contribution in [-0.4, -0.2) is 5.75 Å². The Kier molecular flexibility index (Phi) is 4.14. The van der Waals surface area contributed by atoms with Gasteiger partial charge >= 0.3 is 0 Å². The number of nitriles is 1. The zero-order valence-electron chi connectivity index (χ0n) is 7.53. The van der Waals surface area contributed by atoms with Gasteiger partial charge in [0.05, 0.1) is 4.91 Å². The first kappa shape index (κ1) is 9.88. The third-order valence-electron chi connectivity index (χ3n) is 1.51. The van der Waals surface area contributed by atoms with Crippen LogP contribution in [0.15, 0.2) is 35.2 Å². The van der Waals surface area contributed by atoms with Crippen molar-refractivity contribution in [2.75, 3.05) is 5.75 Å². The van der Waals surface area contributed by atoms with Gasteiger partial charge in [0.1, 0.15) is 6.07 Å². The second-order valence-electron chi connectivity index (χ2n) is 2.46. The van der Waals surface area contributed by atoms with Gasteiger partial charge in [-0.3, -0.25) is 0 Å². The Hall–Kier alpha value is -1.20. The first-order valence-corrected chi connectivity index (χ1v) is 5.15. The van der Waals surface area contributed by atoms with Crippen LogP contribution in [0.1, 0.15) is 12.5 Å². The van der Waals surface area contributed by atoms with Crippen LogP contribution >= 0.6 is 11.8 Å². The molecule has 0 heterocycles. The molecule has 0 aromatic heterocycles. The Morgan fingerprint density at radius 1 is 1.46 bits per heavy atom. The van der Waals surface area contributed by atoms with E-state index < -0.39 is 0 Å². The monoisotopic (exact) mass is 189 g/mol. The highest BCUT2D eigenvalue weighted by atomic mass is 32.2. The number of allylic oxidation sites excluding steroid dienone is 1. The van der Waals surface area contributed by atoms with Crippen LogP contribution in [0, 0.1) is 11.3 Å². The van der Waals surface area contributed by atoms with Gasteiger partial charge in [0, 0.05) is 0 Å². The van der Waals surface area contributed by atoms with Crippen molar-refractivity contribution < 1.29 is 0 Å². The first-order chi connectivity index (χ1) is 6.36. The summed E-state index contributed by atoms with van der Waals surface area (Å²) in [4.78, 5) is 0.772. The van der Waals surface area contributed by atoms with E-state index >= 15 is 0 Å². The average Bonchev–Trinajstić information content (AvgIpc) is 2.19. The van der Waals surface area contributed by atoms with Crippen molar-refractivity contribution in [2.45, 2.75) is 6.92 Å². The number of benzene rings is 1. The third-order valence-corrected chi connectivity index (χ3v) is 2.32. The molecule has 66 valence electrons. The van der Waals surface area contributed by atoms with Crippen LogP contribution in [-0.2, 0) is 0 Å². The van der Waals surface area contributed by atoms with Gasteiger partial charge in [-0.15, -0.1) is 11.8 Å². The van der Waals surface area contributed by atoms with E-state index in [0.29, 0.717) is 0 Å². The van der Waals surface area contributed by atoms with E-state index in [4.69, 9.17) is 5.26 Å². The van der Waals surface area contributed by atoms with E-state index in [9.17, 15) is 0 Å². The summed E-state index contributed by atoms with van der Waals surface area (Å²) in [5.74, 6) is 0.937. The lowest BCUT2D eigenvalue weighted by atomic mass is 10.2. The average molecular weight is 189 g/mol. The lowest BCUT2D eigenvalue weighted by Gasteiger charge is -1.95. The fourth-order valence-electron chi connectivity index (χ4n) is 0.962. The largest absolute Gasteiger partial charge is 0.192 e. The molecular formula is C11H11NS. The van der Waals surface area contributed by atoms with Crippen molar-refractivity contribution in [3.8, 4) is 6.07 Å². The minimum Gasteiger partial charge on any atom is -0.192 e. The molecule has 0 aliphatic rings. The highest BCUT2D eigenvalue weighted by Crippen LogP contribution is 2.17. The molecule has 0 aliphatic carbocycles. The normalized spacial score (nSPS) is 10.9. The van der Waals surface area contributed by atoms with Crippen molar-refractivity contribution in [1.82, 2.24) is 0 Å². The van der Waals surface area contributed by atoms with E-state index in [0.717, 1.165) is 16.2 Å². The van der Waals surface area contributed by atoms with Crippen LogP contribution < -0.4 is 0 Å². The molecule has 0 saturated heterocycles. The van der Waals surface area contributed by atoms with Gasteiger partial charge < -0.3 is 0 Å². The van der Waals surface area contributed by atoms with E-state index in [1.54, 1.807) is 11.8 Å². The molecule has 2 heteroatoms. The molecule has 1 aromatic rings. The molecule has 0 unspecified atom stereocenters. The van der Waals surface area contributed by atoms with Crippen molar-refractivity contribution in [2.24, 2.45) is 0 Å². The van der Waals surface area contributed by atoms with Gasteiger partial charge in [0.25, 0.3) is 0 Å². The summed E-state index contributed by atoms with van der Waals surface area (Å²) < 4.78 is 0. The maximum atomic E-state index is 8.78. The first-order valence-electron chi connectivity index (χ1n) is 4.16. The third kappa shape index (κ3) is 3.35. The second-order valence-corrected chi connectivity index (χ2v) is 3.77. The summed E-state index contributed by atoms with van der Waals surface area (Å²) in [5.41, 5.74) is 1.08. The van der Waals surface area contributed by atoms with Crippen molar-refractivity contribution in [1.29, 1.82) is 5.26 Å². The van der Waals surface area contributed by atoms with E-state index in [1.165, 1.54) is 0 Å². The fraction of sp³-hybridized carbons (Fsp3) is 0.182. The van der Waals surface area contributed by atoms with Gasteiger partial charge in [-0.05, 0) is 17.4 Å². The zero-order chi connectivity index (χ0) is 9.52. The molecular weight excluding hydrogens is 178 g/mol. The van der Waals surface area contributed by atoms with E-state index in [-0.39, 0.29) is 0 Å². The summed E-state index contributed by atoms with van der Waals surface area (Å²) in [6.45, 7) is 2.04. The minimum atomic E-state index is 0.772. The maximum Gasteiger partial charge on any atom is 0.106 e. The highest BCUT2D eigenvalue weighted by Gasteiger charge is 1.93. The number of rotatable bonds is 3. The SMILES string of the molecule is CCS/C(C#N)=C/c1ccccc1. The molecule has 13 heavy (non-hydrogen) atoms. The van der Waals surface area contributed by atoms with E-state index in [2.05, 4.69) is 6.07 Å². The van der Waals surface area contributed by atoms with Crippen LogP contribution in [0.25, 0.3) is 6.08 Å². The molecule has 0 aliphatic heterocycles. The molecule has 0 N–H and O–H groups in total. The van der Waals surface area contributed by atoms with Crippen LogP contribution in [0.5, 0.6) is 0 Å². The number of thioether (sulfide) groups is 1. The van der Waals surface area contributed by atoms with Gasteiger partial charge in [0.2, 0.25) is 0 Å². The fourth-order valence-corrected chi connectivity index (χ4v) is 1.56. The molecule has 0 fully saturated rings. The van der Waals surface area contributed by atoms with Crippen LogP contribution in [0.3, 0.4) is 0 Å². The summed E-state index contributed by atoms with van der Waals surface area (Å²) in [5, 5.41) is 8.78. The highest BCUT2D eigenvalue weighted by molar-refractivity contribution is 8.03. The van der Waals surface area contributed by atoms with Crippen LogP contribution in [0.2, 0.25) is 0 Å². The molecule has 1 rings (SSSR count). The topological polar surface area (TPSA) is 23.8 Å². The Bertz CT molecular complexity index is 322. The van der Waals surface area contributed by atoms with Crippen molar-refractivity contribution >= 4 is 17.8 Å². The van der Waals surface area contributed by atoms with Gasteiger partial charge in [0.15, 0.2) is 0 Å². The molecule has 0 saturated carbocycles. The summed E-state index contributed by atoms with van der Waals surface area (Å²) in [7, 11) is 0. The minimum absolute atomic E-state index is 0.772.